The topological polar surface area (TPSA) is 12.0 Å². The zero-order chi connectivity index (χ0) is 10.6. The molecule has 0 bridgehead atoms. The SMILES string of the molecule is CC(C)CCC(C)(F)C1CCCNC1. The summed E-state index contributed by atoms with van der Waals surface area (Å²) >= 11 is 0. The zero-order valence-corrected chi connectivity index (χ0v) is 9.78. The van der Waals surface area contributed by atoms with Crippen LogP contribution < -0.4 is 5.32 Å². The quantitative estimate of drug-likeness (QED) is 0.736. The number of rotatable bonds is 4. The first-order valence-electron chi connectivity index (χ1n) is 5.92. The molecule has 0 radical (unpaired) electrons. The highest BCUT2D eigenvalue weighted by Crippen LogP contribution is 2.32. The second kappa shape index (κ2) is 5.11. The van der Waals surface area contributed by atoms with Gasteiger partial charge in [-0.25, -0.2) is 4.39 Å². The Kier molecular flexibility index (Phi) is 4.36. The summed E-state index contributed by atoms with van der Waals surface area (Å²) < 4.78 is 14.3. The van der Waals surface area contributed by atoms with E-state index in [1.807, 2.05) is 0 Å². The molecule has 2 heteroatoms. The predicted octanol–water partition coefficient (Wildman–Crippen LogP) is 3.15. The van der Waals surface area contributed by atoms with Crippen LogP contribution in [0.15, 0.2) is 0 Å². The van der Waals surface area contributed by atoms with Crippen molar-refractivity contribution in [2.45, 2.75) is 52.1 Å². The van der Waals surface area contributed by atoms with Crippen molar-refractivity contribution in [3.63, 3.8) is 0 Å². The van der Waals surface area contributed by atoms with Gasteiger partial charge in [-0.3, -0.25) is 0 Å². The normalized spacial score (nSPS) is 27.6. The lowest BCUT2D eigenvalue weighted by atomic mass is 9.81. The first-order chi connectivity index (χ1) is 6.52. The van der Waals surface area contributed by atoms with E-state index in [1.165, 1.54) is 0 Å². The Bertz CT molecular complexity index is 160. The van der Waals surface area contributed by atoms with Gasteiger partial charge in [-0.15, -0.1) is 0 Å². The molecule has 1 heterocycles. The average molecular weight is 201 g/mol. The van der Waals surface area contributed by atoms with Crippen LogP contribution in [0.3, 0.4) is 0 Å². The third kappa shape index (κ3) is 3.56. The van der Waals surface area contributed by atoms with Crippen LogP contribution in [0.4, 0.5) is 4.39 Å². The Balaban J connectivity index is 2.37. The van der Waals surface area contributed by atoms with Crippen molar-refractivity contribution in [2.24, 2.45) is 11.8 Å². The van der Waals surface area contributed by atoms with Crippen molar-refractivity contribution in [1.82, 2.24) is 5.32 Å². The Morgan fingerprint density at radius 1 is 1.50 bits per heavy atom. The van der Waals surface area contributed by atoms with Crippen molar-refractivity contribution in [1.29, 1.82) is 0 Å². The molecule has 84 valence electrons. The second-order valence-electron chi connectivity index (χ2n) is 5.25. The zero-order valence-electron chi connectivity index (χ0n) is 9.78. The number of halogens is 1. The molecule has 0 aromatic heterocycles. The lowest BCUT2D eigenvalue weighted by Crippen LogP contribution is -2.41. The Morgan fingerprint density at radius 3 is 2.71 bits per heavy atom. The largest absolute Gasteiger partial charge is 0.316 e. The number of nitrogens with one attached hydrogen (secondary N) is 1. The molecule has 1 aliphatic heterocycles. The van der Waals surface area contributed by atoms with Gasteiger partial charge in [0.1, 0.15) is 5.67 Å². The van der Waals surface area contributed by atoms with Crippen LogP contribution in [-0.4, -0.2) is 18.8 Å². The third-order valence-corrected chi connectivity index (χ3v) is 3.36. The molecular formula is C12H24FN. The van der Waals surface area contributed by atoms with Gasteiger partial charge in [0, 0.05) is 12.5 Å². The summed E-state index contributed by atoms with van der Waals surface area (Å²) in [5.74, 6) is 0.844. The van der Waals surface area contributed by atoms with Crippen LogP contribution in [0.1, 0.15) is 46.5 Å². The average Bonchev–Trinajstić information content (AvgIpc) is 2.16. The van der Waals surface area contributed by atoms with E-state index in [2.05, 4.69) is 19.2 Å². The Hall–Kier alpha value is -0.110. The summed E-state index contributed by atoms with van der Waals surface area (Å²) in [7, 11) is 0. The van der Waals surface area contributed by atoms with Gasteiger partial charge < -0.3 is 5.32 Å². The first-order valence-corrected chi connectivity index (χ1v) is 5.92. The summed E-state index contributed by atoms with van der Waals surface area (Å²) in [4.78, 5) is 0. The number of hydrogen-bond acceptors (Lipinski definition) is 1. The third-order valence-electron chi connectivity index (χ3n) is 3.36. The maximum absolute atomic E-state index is 14.3. The van der Waals surface area contributed by atoms with Crippen LogP contribution in [0, 0.1) is 11.8 Å². The molecule has 0 spiro atoms. The molecule has 0 aromatic carbocycles. The lowest BCUT2D eigenvalue weighted by Gasteiger charge is -2.34. The molecule has 1 N–H and O–H groups in total. The molecule has 0 aliphatic carbocycles. The lowest BCUT2D eigenvalue weighted by molar-refractivity contribution is 0.0678. The summed E-state index contributed by atoms with van der Waals surface area (Å²) in [6.45, 7) is 8.04. The molecule has 2 atom stereocenters. The summed E-state index contributed by atoms with van der Waals surface area (Å²) in [5, 5.41) is 3.29. The fourth-order valence-electron chi connectivity index (χ4n) is 2.14. The molecule has 0 saturated carbocycles. The Morgan fingerprint density at radius 2 is 2.21 bits per heavy atom. The van der Waals surface area contributed by atoms with Crippen molar-refractivity contribution >= 4 is 0 Å². The Labute approximate surface area is 87.5 Å². The molecule has 0 aromatic rings. The van der Waals surface area contributed by atoms with E-state index >= 15 is 0 Å². The summed E-state index contributed by atoms with van der Waals surface area (Å²) in [5.41, 5.74) is -0.961. The van der Waals surface area contributed by atoms with E-state index in [0.717, 1.165) is 38.8 Å². The minimum absolute atomic E-state index is 0.231. The molecule has 14 heavy (non-hydrogen) atoms. The van der Waals surface area contributed by atoms with E-state index in [9.17, 15) is 4.39 Å². The molecule has 0 amide bonds. The van der Waals surface area contributed by atoms with Gasteiger partial charge in [-0.05, 0) is 45.1 Å². The fraction of sp³-hybridized carbons (Fsp3) is 1.00. The smallest absolute Gasteiger partial charge is 0.112 e. The number of alkyl halides is 1. The van der Waals surface area contributed by atoms with E-state index in [-0.39, 0.29) is 5.92 Å². The molecular weight excluding hydrogens is 177 g/mol. The highest BCUT2D eigenvalue weighted by molar-refractivity contribution is 4.86. The monoisotopic (exact) mass is 201 g/mol. The minimum Gasteiger partial charge on any atom is -0.316 e. The van der Waals surface area contributed by atoms with Crippen LogP contribution in [0.5, 0.6) is 0 Å². The van der Waals surface area contributed by atoms with Crippen LogP contribution in [0.2, 0.25) is 0 Å². The standard InChI is InChI=1S/C12H24FN/c1-10(2)6-7-12(3,13)11-5-4-8-14-9-11/h10-11,14H,4-9H2,1-3H3. The summed E-state index contributed by atoms with van der Waals surface area (Å²) in [6, 6.07) is 0. The number of piperidine rings is 1. The molecule has 2 unspecified atom stereocenters. The molecule has 1 rings (SSSR count). The maximum Gasteiger partial charge on any atom is 0.112 e. The van der Waals surface area contributed by atoms with E-state index in [4.69, 9.17) is 0 Å². The van der Waals surface area contributed by atoms with Gasteiger partial charge in [-0.1, -0.05) is 13.8 Å². The van der Waals surface area contributed by atoms with Crippen molar-refractivity contribution in [2.75, 3.05) is 13.1 Å². The van der Waals surface area contributed by atoms with Gasteiger partial charge in [0.2, 0.25) is 0 Å². The van der Waals surface area contributed by atoms with Crippen LogP contribution in [-0.2, 0) is 0 Å². The van der Waals surface area contributed by atoms with Gasteiger partial charge in [0.05, 0.1) is 0 Å². The summed E-state index contributed by atoms with van der Waals surface area (Å²) in [6.07, 6.45) is 3.91. The minimum atomic E-state index is -0.961. The molecule has 1 nitrogen and oxygen atoms in total. The van der Waals surface area contributed by atoms with Crippen LogP contribution >= 0.6 is 0 Å². The van der Waals surface area contributed by atoms with E-state index in [1.54, 1.807) is 6.92 Å². The van der Waals surface area contributed by atoms with Gasteiger partial charge >= 0.3 is 0 Å². The first kappa shape index (κ1) is 12.0. The van der Waals surface area contributed by atoms with Crippen LogP contribution in [0.25, 0.3) is 0 Å². The number of hydrogen-bond donors (Lipinski definition) is 1. The van der Waals surface area contributed by atoms with Gasteiger partial charge in [0.15, 0.2) is 0 Å². The van der Waals surface area contributed by atoms with E-state index in [0.29, 0.717) is 5.92 Å². The van der Waals surface area contributed by atoms with Crippen molar-refractivity contribution < 1.29 is 4.39 Å². The highest BCUT2D eigenvalue weighted by Gasteiger charge is 2.34. The predicted molar refractivity (Wildman–Crippen MR) is 59.2 cm³/mol. The van der Waals surface area contributed by atoms with E-state index < -0.39 is 5.67 Å². The van der Waals surface area contributed by atoms with Crippen molar-refractivity contribution in [3.05, 3.63) is 0 Å². The molecule has 1 saturated heterocycles. The van der Waals surface area contributed by atoms with Gasteiger partial charge in [0.25, 0.3) is 0 Å². The maximum atomic E-state index is 14.3. The second-order valence-corrected chi connectivity index (χ2v) is 5.25. The van der Waals surface area contributed by atoms with Crippen molar-refractivity contribution in [3.8, 4) is 0 Å². The van der Waals surface area contributed by atoms with Gasteiger partial charge in [-0.2, -0.15) is 0 Å². The highest BCUT2D eigenvalue weighted by atomic mass is 19.1. The molecule has 1 aliphatic rings. The fourth-order valence-corrected chi connectivity index (χ4v) is 2.14. The molecule has 1 fully saturated rings.